The van der Waals surface area contributed by atoms with E-state index in [1.54, 1.807) is 14.2 Å². The highest BCUT2D eigenvalue weighted by atomic mass is 16.7. The summed E-state index contributed by atoms with van der Waals surface area (Å²) in [6.07, 6.45) is 11.6. The molecule has 1 N–H and O–H groups in total. The van der Waals surface area contributed by atoms with Crippen molar-refractivity contribution in [1.29, 1.82) is 0 Å². The van der Waals surface area contributed by atoms with Gasteiger partial charge in [0.2, 0.25) is 0 Å². The number of rotatable bonds is 16. The van der Waals surface area contributed by atoms with E-state index >= 15 is 0 Å². The molecule has 23 heavy (non-hydrogen) atoms. The molecule has 0 aromatic rings. The quantitative estimate of drug-likeness (QED) is 0.304. The summed E-state index contributed by atoms with van der Waals surface area (Å²) in [5, 5.41) is 3.48. The van der Waals surface area contributed by atoms with E-state index in [0.717, 1.165) is 13.1 Å². The molecule has 0 radical (unpaired) electrons. The second-order valence-corrected chi connectivity index (χ2v) is 7.64. The van der Waals surface area contributed by atoms with Crippen molar-refractivity contribution in [2.45, 2.75) is 91.8 Å². The fraction of sp³-hybridized carbons (Fsp3) is 1.00. The standard InChI is InChI=1S/C20H43NO2/c1-7-9-10-11-12-13-14-18(19(22-5)23-6)15-16-20(3,4)17-21-8-2/h18-19,21H,7-17H2,1-6H3. The first kappa shape index (κ1) is 22.9. The normalized spacial score (nSPS) is 13.7. The molecule has 0 heterocycles. The Morgan fingerprint density at radius 1 is 0.870 bits per heavy atom. The Kier molecular flexibility index (Phi) is 14.2. The summed E-state index contributed by atoms with van der Waals surface area (Å²) in [4.78, 5) is 0. The van der Waals surface area contributed by atoms with E-state index in [9.17, 15) is 0 Å². The van der Waals surface area contributed by atoms with Crippen molar-refractivity contribution < 1.29 is 9.47 Å². The predicted molar refractivity (Wildman–Crippen MR) is 101 cm³/mol. The fourth-order valence-electron chi connectivity index (χ4n) is 3.21. The third-order valence-electron chi connectivity index (χ3n) is 4.82. The molecule has 0 spiro atoms. The fourth-order valence-corrected chi connectivity index (χ4v) is 3.21. The molecular weight excluding hydrogens is 286 g/mol. The summed E-state index contributed by atoms with van der Waals surface area (Å²) in [7, 11) is 3.54. The van der Waals surface area contributed by atoms with Gasteiger partial charge in [0.1, 0.15) is 0 Å². The van der Waals surface area contributed by atoms with E-state index in [1.165, 1.54) is 57.8 Å². The number of hydrogen-bond acceptors (Lipinski definition) is 3. The summed E-state index contributed by atoms with van der Waals surface area (Å²) in [5.41, 5.74) is 0.335. The molecule has 0 aromatic carbocycles. The number of methoxy groups -OCH3 is 2. The van der Waals surface area contributed by atoms with Crippen LogP contribution in [0.3, 0.4) is 0 Å². The lowest BCUT2D eigenvalue weighted by atomic mass is 9.83. The Morgan fingerprint density at radius 2 is 1.48 bits per heavy atom. The van der Waals surface area contributed by atoms with Gasteiger partial charge in [-0.05, 0) is 31.2 Å². The zero-order chi connectivity index (χ0) is 17.6. The van der Waals surface area contributed by atoms with Gasteiger partial charge in [-0.2, -0.15) is 0 Å². The molecule has 3 heteroatoms. The van der Waals surface area contributed by atoms with Crippen LogP contribution in [0.15, 0.2) is 0 Å². The molecule has 1 unspecified atom stereocenters. The maximum atomic E-state index is 5.57. The monoisotopic (exact) mass is 329 g/mol. The van der Waals surface area contributed by atoms with E-state index in [1.807, 2.05) is 0 Å². The smallest absolute Gasteiger partial charge is 0.159 e. The predicted octanol–water partition coefficient (Wildman–Crippen LogP) is 5.39. The highest BCUT2D eigenvalue weighted by molar-refractivity contribution is 4.75. The molecule has 1 atom stereocenters. The van der Waals surface area contributed by atoms with Gasteiger partial charge in [-0.25, -0.2) is 0 Å². The Hall–Kier alpha value is -0.120. The number of nitrogens with one attached hydrogen (secondary N) is 1. The lowest BCUT2D eigenvalue weighted by molar-refractivity contribution is -0.142. The lowest BCUT2D eigenvalue weighted by Crippen LogP contribution is -2.31. The second-order valence-electron chi connectivity index (χ2n) is 7.64. The van der Waals surface area contributed by atoms with E-state index in [2.05, 4.69) is 33.0 Å². The summed E-state index contributed by atoms with van der Waals surface area (Å²) in [5.74, 6) is 0.511. The van der Waals surface area contributed by atoms with Gasteiger partial charge < -0.3 is 14.8 Å². The highest BCUT2D eigenvalue weighted by Gasteiger charge is 2.25. The van der Waals surface area contributed by atoms with Crippen LogP contribution in [0.5, 0.6) is 0 Å². The van der Waals surface area contributed by atoms with Gasteiger partial charge >= 0.3 is 0 Å². The molecule has 0 bridgehead atoms. The SMILES string of the molecule is CCCCCCCCC(CCC(C)(C)CNCC)C(OC)OC. The Morgan fingerprint density at radius 3 is 2.04 bits per heavy atom. The minimum Gasteiger partial charge on any atom is -0.356 e. The minimum absolute atomic E-state index is 0.0550. The van der Waals surface area contributed by atoms with Crippen molar-refractivity contribution in [2.75, 3.05) is 27.3 Å². The maximum Gasteiger partial charge on any atom is 0.159 e. The van der Waals surface area contributed by atoms with E-state index in [-0.39, 0.29) is 6.29 Å². The molecule has 0 rings (SSSR count). The van der Waals surface area contributed by atoms with Crippen LogP contribution in [-0.4, -0.2) is 33.6 Å². The Balaban J connectivity index is 4.24. The first-order valence-corrected chi connectivity index (χ1v) is 9.77. The molecule has 0 saturated carbocycles. The number of hydrogen-bond donors (Lipinski definition) is 1. The lowest BCUT2D eigenvalue weighted by Gasteiger charge is -2.30. The molecule has 0 aromatic heterocycles. The van der Waals surface area contributed by atoms with E-state index in [0.29, 0.717) is 11.3 Å². The molecule has 0 aliphatic heterocycles. The van der Waals surface area contributed by atoms with Crippen molar-refractivity contribution >= 4 is 0 Å². The van der Waals surface area contributed by atoms with Crippen LogP contribution in [0.25, 0.3) is 0 Å². The van der Waals surface area contributed by atoms with Crippen molar-refractivity contribution in [2.24, 2.45) is 11.3 Å². The van der Waals surface area contributed by atoms with Crippen molar-refractivity contribution in [3.63, 3.8) is 0 Å². The Bertz CT molecular complexity index is 252. The number of ether oxygens (including phenoxy) is 2. The third-order valence-corrected chi connectivity index (χ3v) is 4.82. The van der Waals surface area contributed by atoms with Gasteiger partial charge in [0.05, 0.1) is 0 Å². The van der Waals surface area contributed by atoms with Crippen LogP contribution in [-0.2, 0) is 9.47 Å². The maximum absolute atomic E-state index is 5.57. The van der Waals surface area contributed by atoms with E-state index in [4.69, 9.17) is 9.47 Å². The number of unbranched alkanes of at least 4 members (excludes halogenated alkanes) is 5. The van der Waals surface area contributed by atoms with Gasteiger partial charge in [-0.15, -0.1) is 0 Å². The van der Waals surface area contributed by atoms with Crippen LogP contribution in [0, 0.1) is 11.3 Å². The topological polar surface area (TPSA) is 30.5 Å². The van der Waals surface area contributed by atoms with Crippen LogP contribution < -0.4 is 5.32 Å². The first-order chi connectivity index (χ1) is 11.0. The average Bonchev–Trinajstić information content (AvgIpc) is 2.54. The molecular formula is C20H43NO2. The van der Waals surface area contributed by atoms with E-state index < -0.39 is 0 Å². The largest absolute Gasteiger partial charge is 0.356 e. The van der Waals surface area contributed by atoms with Gasteiger partial charge in [0.25, 0.3) is 0 Å². The summed E-state index contributed by atoms with van der Waals surface area (Å²) >= 11 is 0. The first-order valence-electron chi connectivity index (χ1n) is 9.77. The molecule has 140 valence electrons. The molecule has 0 amide bonds. The minimum atomic E-state index is -0.0550. The molecule has 0 aliphatic rings. The highest BCUT2D eigenvalue weighted by Crippen LogP contribution is 2.29. The van der Waals surface area contributed by atoms with Crippen LogP contribution in [0.4, 0.5) is 0 Å². The van der Waals surface area contributed by atoms with Crippen molar-refractivity contribution in [3.05, 3.63) is 0 Å². The zero-order valence-corrected chi connectivity index (χ0v) is 16.7. The van der Waals surface area contributed by atoms with Crippen LogP contribution >= 0.6 is 0 Å². The summed E-state index contributed by atoms with van der Waals surface area (Å²) in [6.45, 7) is 11.3. The van der Waals surface area contributed by atoms with Gasteiger partial charge in [-0.1, -0.05) is 66.2 Å². The summed E-state index contributed by atoms with van der Waals surface area (Å²) in [6, 6.07) is 0. The molecule has 0 saturated heterocycles. The second kappa shape index (κ2) is 14.2. The zero-order valence-electron chi connectivity index (χ0n) is 16.7. The molecule has 0 aliphatic carbocycles. The van der Waals surface area contributed by atoms with Crippen molar-refractivity contribution in [3.8, 4) is 0 Å². The Labute approximate surface area is 145 Å². The molecule has 3 nitrogen and oxygen atoms in total. The van der Waals surface area contributed by atoms with Gasteiger partial charge in [-0.3, -0.25) is 0 Å². The average molecular weight is 330 g/mol. The van der Waals surface area contributed by atoms with Crippen molar-refractivity contribution in [1.82, 2.24) is 5.32 Å². The summed E-state index contributed by atoms with van der Waals surface area (Å²) < 4.78 is 11.1. The van der Waals surface area contributed by atoms with Crippen LogP contribution in [0.1, 0.15) is 85.5 Å². The van der Waals surface area contributed by atoms with Crippen LogP contribution in [0.2, 0.25) is 0 Å². The van der Waals surface area contributed by atoms with Gasteiger partial charge in [0, 0.05) is 26.7 Å². The molecule has 0 fully saturated rings. The van der Waals surface area contributed by atoms with Gasteiger partial charge in [0.15, 0.2) is 6.29 Å². The third kappa shape index (κ3) is 12.0.